The molecule has 8 nitrogen and oxygen atoms in total. The van der Waals surface area contributed by atoms with Crippen LogP contribution in [0.25, 0.3) is 5.69 Å². The van der Waals surface area contributed by atoms with Crippen molar-refractivity contribution in [2.45, 2.75) is 45.8 Å². The number of nitrogens with zero attached hydrogens (tertiary/aromatic N) is 3. The second kappa shape index (κ2) is 10.7. The molecule has 1 aliphatic heterocycles. The van der Waals surface area contributed by atoms with Crippen LogP contribution in [0.5, 0.6) is 5.75 Å². The van der Waals surface area contributed by atoms with E-state index in [1.54, 1.807) is 6.07 Å². The Balaban J connectivity index is 1.49. The topological polar surface area (TPSA) is 85.7 Å². The summed E-state index contributed by atoms with van der Waals surface area (Å²) in [7, 11) is 1.39. The summed E-state index contributed by atoms with van der Waals surface area (Å²) in [5, 5.41) is 7.62. The SMILES string of the molecule is CCOc1ccccc1CN1C[C@H](NC(=O)c2cccc(-n3nc(C)cc3C)c2)C[C@H]1C(=O)OC. The molecule has 0 unspecified atom stereocenters. The molecule has 1 N–H and O–H groups in total. The molecule has 1 amide bonds. The molecule has 2 aromatic carbocycles. The van der Waals surface area contributed by atoms with E-state index in [-0.39, 0.29) is 17.9 Å². The van der Waals surface area contributed by atoms with Crippen molar-refractivity contribution in [3.8, 4) is 11.4 Å². The normalized spacial score (nSPS) is 17.8. The van der Waals surface area contributed by atoms with Crippen LogP contribution in [0.1, 0.15) is 40.7 Å². The predicted octanol–water partition coefficient (Wildman–Crippen LogP) is 3.43. The van der Waals surface area contributed by atoms with Crippen molar-refractivity contribution in [1.82, 2.24) is 20.0 Å². The van der Waals surface area contributed by atoms with Gasteiger partial charge in [0, 0.05) is 36.0 Å². The van der Waals surface area contributed by atoms with E-state index in [1.165, 1.54) is 7.11 Å². The van der Waals surface area contributed by atoms with Gasteiger partial charge in [0.25, 0.3) is 5.91 Å². The number of aromatic nitrogens is 2. The summed E-state index contributed by atoms with van der Waals surface area (Å²) < 4.78 is 12.6. The molecule has 0 bridgehead atoms. The zero-order valence-corrected chi connectivity index (χ0v) is 20.7. The number of benzene rings is 2. The van der Waals surface area contributed by atoms with Gasteiger partial charge in [-0.2, -0.15) is 5.10 Å². The molecule has 2 atom stereocenters. The highest BCUT2D eigenvalue weighted by Crippen LogP contribution is 2.26. The maximum Gasteiger partial charge on any atom is 0.323 e. The zero-order valence-electron chi connectivity index (χ0n) is 20.7. The Morgan fingerprint density at radius 1 is 1.11 bits per heavy atom. The van der Waals surface area contributed by atoms with E-state index < -0.39 is 6.04 Å². The van der Waals surface area contributed by atoms with Gasteiger partial charge in [-0.1, -0.05) is 24.3 Å². The number of hydrogen-bond acceptors (Lipinski definition) is 6. The highest BCUT2D eigenvalue weighted by molar-refractivity contribution is 5.95. The molecular weight excluding hydrogens is 444 g/mol. The quantitative estimate of drug-likeness (QED) is 0.502. The first kappa shape index (κ1) is 24.5. The number of carbonyl (C=O) groups is 2. The zero-order chi connectivity index (χ0) is 24.9. The Hall–Kier alpha value is -3.65. The van der Waals surface area contributed by atoms with Gasteiger partial charge in [0.1, 0.15) is 11.8 Å². The summed E-state index contributed by atoms with van der Waals surface area (Å²) in [4.78, 5) is 27.7. The van der Waals surface area contributed by atoms with Crippen molar-refractivity contribution in [1.29, 1.82) is 0 Å². The van der Waals surface area contributed by atoms with Crippen LogP contribution in [-0.4, -0.2) is 58.9 Å². The standard InChI is InChI=1S/C27H32N4O4/c1-5-35-25-12-7-6-9-21(25)16-30-17-22(15-24(30)27(33)34-4)28-26(32)20-10-8-11-23(14-20)31-19(3)13-18(2)29-31/h6-14,22,24H,5,15-17H2,1-4H3,(H,28,32)/t22-,24+/m1/s1. The number of methoxy groups -OCH3 is 1. The van der Waals surface area contributed by atoms with Crippen LogP contribution < -0.4 is 10.1 Å². The van der Waals surface area contributed by atoms with Gasteiger partial charge in [0.15, 0.2) is 0 Å². The third-order valence-electron chi connectivity index (χ3n) is 6.22. The predicted molar refractivity (Wildman–Crippen MR) is 133 cm³/mol. The van der Waals surface area contributed by atoms with Gasteiger partial charge in [-0.25, -0.2) is 4.68 Å². The number of nitrogens with one attached hydrogen (secondary N) is 1. The largest absolute Gasteiger partial charge is 0.494 e. The monoisotopic (exact) mass is 476 g/mol. The van der Waals surface area contributed by atoms with Crippen molar-refractivity contribution in [3.05, 3.63) is 77.1 Å². The van der Waals surface area contributed by atoms with Crippen molar-refractivity contribution in [2.75, 3.05) is 20.3 Å². The molecule has 0 saturated carbocycles. The Morgan fingerprint density at radius 3 is 2.63 bits per heavy atom. The van der Waals surface area contributed by atoms with E-state index in [0.29, 0.717) is 31.7 Å². The summed E-state index contributed by atoms with van der Waals surface area (Å²) in [5.41, 5.74) is 4.29. The van der Waals surface area contributed by atoms with E-state index in [0.717, 1.165) is 28.4 Å². The third kappa shape index (κ3) is 5.54. The van der Waals surface area contributed by atoms with E-state index in [1.807, 2.05) is 78.9 Å². The van der Waals surface area contributed by atoms with Crippen LogP contribution in [0.15, 0.2) is 54.6 Å². The first-order valence-electron chi connectivity index (χ1n) is 11.9. The first-order valence-corrected chi connectivity index (χ1v) is 11.9. The molecule has 2 heterocycles. The molecule has 184 valence electrons. The molecule has 1 saturated heterocycles. The van der Waals surface area contributed by atoms with Gasteiger partial charge in [-0.05, 0) is 57.5 Å². The first-order chi connectivity index (χ1) is 16.9. The number of hydrogen-bond donors (Lipinski definition) is 1. The summed E-state index contributed by atoms with van der Waals surface area (Å²) in [6.45, 7) is 7.48. The molecule has 0 radical (unpaired) electrons. The summed E-state index contributed by atoms with van der Waals surface area (Å²) in [6.07, 6.45) is 0.479. The van der Waals surface area contributed by atoms with Gasteiger partial charge in [-0.3, -0.25) is 14.5 Å². The van der Waals surface area contributed by atoms with Crippen molar-refractivity contribution < 1.29 is 19.1 Å². The number of rotatable bonds is 8. The Morgan fingerprint density at radius 2 is 1.91 bits per heavy atom. The molecule has 1 aliphatic rings. The van der Waals surface area contributed by atoms with Crippen LogP contribution in [-0.2, 0) is 16.1 Å². The fraction of sp³-hybridized carbons (Fsp3) is 0.370. The molecule has 8 heteroatoms. The summed E-state index contributed by atoms with van der Waals surface area (Å²) in [5.74, 6) is 0.313. The van der Waals surface area contributed by atoms with Gasteiger partial charge >= 0.3 is 5.97 Å². The smallest absolute Gasteiger partial charge is 0.323 e. The van der Waals surface area contributed by atoms with Gasteiger partial charge < -0.3 is 14.8 Å². The maximum atomic E-state index is 13.1. The number of aryl methyl sites for hydroxylation is 2. The number of esters is 1. The lowest BCUT2D eigenvalue weighted by Crippen LogP contribution is -2.37. The molecule has 1 fully saturated rings. The second-order valence-electron chi connectivity index (χ2n) is 8.80. The highest BCUT2D eigenvalue weighted by atomic mass is 16.5. The molecule has 0 spiro atoms. The maximum absolute atomic E-state index is 13.1. The minimum absolute atomic E-state index is 0.182. The van der Waals surface area contributed by atoms with Crippen molar-refractivity contribution >= 4 is 11.9 Å². The van der Waals surface area contributed by atoms with Gasteiger partial charge in [-0.15, -0.1) is 0 Å². The molecule has 0 aliphatic carbocycles. The fourth-order valence-electron chi connectivity index (χ4n) is 4.65. The lowest BCUT2D eigenvalue weighted by molar-refractivity contribution is -0.146. The Kier molecular flexibility index (Phi) is 7.51. The Bertz CT molecular complexity index is 1210. The molecule has 35 heavy (non-hydrogen) atoms. The lowest BCUT2D eigenvalue weighted by Gasteiger charge is -2.23. The number of ether oxygens (including phenoxy) is 2. The number of carbonyl (C=O) groups excluding carboxylic acids is 2. The number of likely N-dealkylation sites (tertiary alicyclic amines) is 1. The summed E-state index contributed by atoms with van der Waals surface area (Å²) >= 11 is 0. The van der Waals surface area contributed by atoms with Crippen LogP contribution in [0.4, 0.5) is 0 Å². The molecule has 1 aromatic heterocycles. The third-order valence-corrected chi connectivity index (χ3v) is 6.22. The van der Waals surface area contributed by atoms with Crippen LogP contribution >= 0.6 is 0 Å². The van der Waals surface area contributed by atoms with E-state index in [2.05, 4.69) is 10.4 Å². The minimum Gasteiger partial charge on any atom is -0.494 e. The Labute approximate surface area is 205 Å². The molecule has 3 aromatic rings. The molecule has 4 rings (SSSR count). The van der Waals surface area contributed by atoms with Crippen LogP contribution in [0.3, 0.4) is 0 Å². The van der Waals surface area contributed by atoms with Crippen LogP contribution in [0.2, 0.25) is 0 Å². The van der Waals surface area contributed by atoms with E-state index in [4.69, 9.17) is 9.47 Å². The summed E-state index contributed by atoms with van der Waals surface area (Å²) in [6, 6.07) is 16.6. The van der Waals surface area contributed by atoms with E-state index in [9.17, 15) is 9.59 Å². The molecular formula is C27H32N4O4. The van der Waals surface area contributed by atoms with Gasteiger partial charge in [0.2, 0.25) is 0 Å². The minimum atomic E-state index is -0.444. The van der Waals surface area contributed by atoms with Crippen LogP contribution in [0, 0.1) is 13.8 Å². The second-order valence-corrected chi connectivity index (χ2v) is 8.80. The van der Waals surface area contributed by atoms with Crippen molar-refractivity contribution in [3.63, 3.8) is 0 Å². The lowest BCUT2D eigenvalue weighted by atomic mass is 10.1. The number of para-hydroxylation sites is 1. The highest BCUT2D eigenvalue weighted by Gasteiger charge is 2.38. The number of amides is 1. The van der Waals surface area contributed by atoms with Crippen molar-refractivity contribution in [2.24, 2.45) is 0 Å². The average molecular weight is 477 g/mol. The van der Waals surface area contributed by atoms with E-state index >= 15 is 0 Å². The fourth-order valence-corrected chi connectivity index (χ4v) is 4.65. The van der Waals surface area contributed by atoms with Gasteiger partial charge in [0.05, 0.1) is 25.1 Å². The average Bonchev–Trinajstić information content (AvgIpc) is 3.41.